The number of fused-ring (bicyclic) bond motifs is 1. The minimum atomic E-state index is -3.10. The zero-order valence-corrected chi connectivity index (χ0v) is 13.6. The van der Waals surface area contributed by atoms with Crippen LogP contribution in [0.4, 0.5) is 18.9 Å². The third kappa shape index (κ3) is 3.53. The molecule has 1 saturated carbocycles. The number of ether oxygens (including phenoxy) is 1. The molecule has 2 aliphatic rings. The smallest absolute Gasteiger partial charge is 0.387 e. The molecule has 3 rings (SSSR count). The average Bonchev–Trinajstić information content (AvgIpc) is 2.49. The van der Waals surface area contributed by atoms with Crippen LogP contribution in [0.3, 0.4) is 0 Å². The van der Waals surface area contributed by atoms with E-state index in [4.69, 9.17) is 11.6 Å². The summed E-state index contributed by atoms with van der Waals surface area (Å²) in [6, 6.07) is 3.68. The highest BCUT2D eigenvalue weighted by molar-refractivity contribution is 6.32. The summed E-state index contributed by atoms with van der Waals surface area (Å²) in [5, 5.41) is 3.47. The molecular weight excluding hydrogens is 329 g/mol. The van der Waals surface area contributed by atoms with Crippen molar-refractivity contribution in [3.63, 3.8) is 0 Å². The van der Waals surface area contributed by atoms with E-state index < -0.39 is 18.2 Å². The molecule has 1 saturated heterocycles. The first-order valence-corrected chi connectivity index (χ1v) is 8.30. The molecule has 1 aromatic rings. The number of nitrogens with one attached hydrogen (secondary N) is 1. The van der Waals surface area contributed by atoms with Gasteiger partial charge < -0.3 is 15.0 Å². The van der Waals surface area contributed by atoms with E-state index in [9.17, 15) is 13.2 Å². The number of alkyl halides is 2. The molecule has 1 aliphatic carbocycles. The van der Waals surface area contributed by atoms with E-state index in [0.29, 0.717) is 11.7 Å². The van der Waals surface area contributed by atoms with Gasteiger partial charge in [-0.2, -0.15) is 8.78 Å². The molecule has 2 fully saturated rings. The molecule has 0 amide bonds. The maximum atomic E-state index is 14.2. The highest BCUT2D eigenvalue weighted by atomic mass is 35.5. The number of rotatable bonds is 3. The van der Waals surface area contributed by atoms with E-state index in [1.807, 2.05) is 0 Å². The van der Waals surface area contributed by atoms with E-state index in [1.54, 1.807) is 0 Å². The van der Waals surface area contributed by atoms with Crippen molar-refractivity contribution in [1.29, 1.82) is 0 Å². The Morgan fingerprint density at radius 1 is 1.30 bits per heavy atom. The Labute approximate surface area is 138 Å². The Morgan fingerprint density at radius 3 is 2.74 bits per heavy atom. The Kier molecular flexibility index (Phi) is 4.92. The van der Waals surface area contributed by atoms with E-state index in [1.165, 1.54) is 18.6 Å². The Hall–Kier alpha value is -1.14. The van der Waals surface area contributed by atoms with Gasteiger partial charge in [0, 0.05) is 36.4 Å². The summed E-state index contributed by atoms with van der Waals surface area (Å²) < 4.78 is 43.0. The second-order valence-electron chi connectivity index (χ2n) is 6.30. The standard InChI is InChI=1S/C16H20ClF3N2O/c1-9-8-22(14-5-3-2-4-13(14)21-9)10-6-11(17)15(12(18)7-10)23-16(19)20/h6-7,9,13-14,16,21H,2-5,8H2,1H3/t9-,13-,14-/m1/s1. The first-order valence-electron chi connectivity index (χ1n) is 7.92. The molecule has 1 heterocycles. The lowest BCUT2D eigenvalue weighted by Gasteiger charge is -2.48. The van der Waals surface area contributed by atoms with Crippen LogP contribution in [-0.2, 0) is 0 Å². The molecule has 3 atom stereocenters. The maximum absolute atomic E-state index is 14.2. The summed E-state index contributed by atoms with van der Waals surface area (Å²) in [5.41, 5.74) is 0.624. The molecule has 7 heteroatoms. The largest absolute Gasteiger partial charge is 0.430 e. The summed E-state index contributed by atoms with van der Waals surface area (Å²) in [6.07, 6.45) is 4.44. The predicted octanol–water partition coefficient (Wildman–Crippen LogP) is 4.19. The van der Waals surface area contributed by atoms with Gasteiger partial charge in [0.15, 0.2) is 11.6 Å². The molecule has 0 bridgehead atoms. The highest BCUT2D eigenvalue weighted by Gasteiger charge is 2.36. The number of nitrogens with zero attached hydrogens (tertiary/aromatic N) is 1. The van der Waals surface area contributed by atoms with Gasteiger partial charge >= 0.3 is 6.61 Å². The van der Waals surface area contributed by atoms with Crippen molar-refractivity contribution in [2.45, 2.75) is 57.3 Å². The summed E-state index contributed by atoms with van der Waals surface area (Å²) in [4.78, 5) is 2.14. The summed E-state index contributed by atoms with van der Waals surface area (Å²) in [5.74, 6) is -1.44. The molecule has 1 N–H and O–H groups in total. The van der Waals surface area contributed by atoms with Gasteiger partial charge in [0.25, 0.3) is 0 Å². The van der Waals surface area contributed by atoms with Crippen LogP contribution in [0.25, 0.3) is 0 Å². The van der Waals surface area contributed by atoms with Crippen LogP contribution < -0.4 is 15.0 Å². The number of benzene rings is 1. The van der Waals surface area contributed by atoms with Crippen molar-refractivity contribution in [3.05, 3.63) is 23.0 Å². The molecule has 1 aliphatic heterocycles. The van der Waals surface area contributed by atoms with Crippen LogP contribution >= 0.6 is 11.6 Å². The minimum Gasteiger partial charge on any atom is -0.430 e. The minimum absolute atomic E-state index is 0.126. The van der Waals surface area contributed by atoms with Gasteiger partial charge in [0.2, 0.25) is 0 Å². The van der Waals surface area contributed by atoms with Gasteiger partial charge in [0.05, 0.1) is 5.02 Å². The van der Waals surface area contributed by atoms with Crippen molar-refractivity contribution in [2.24, 2.45) is 0 Å². The third-order valence-electron chi connectivity index (χ3n) is 4.62. The zero-order chi connectivity index (χ0) is 16.6. The Bertz CT molecular complexity index is 549. The van der Waals surface area contributed by atoms with Gasteiger partial charge in [-0.15, -0.1) is 0 Å². The van der Waals surface area contributed by atoms with E-state index in [-0.39, 0.29) is 17.1 Å². The van der Waals surface area contributed by atoms with E-state index in [2.05, 4.69) is 21.9 Å². The fraction of sp³-hybridized carbons (Fsp3) is 0.625. The van der Waals surface area contributed by atoms with Gasteiger partial charge in [-0.25, -0.2) is 4.39 Å². The molecule has 0 unspecified atom stereocenters. The van der Waals surface area contributed by atoms with E-state index >= 15 is 0 Å². The predicted molar refractivity (Wildman–Crippen MR) is 84.0 cm³/mol. The normalized spacial score (nSPS) is 27.9. The van der Waals surface area contributed by atoms with Gasteiger partial charge in [-0.3, -0.25) is 0 Å². The lowest BCUT2D eigenvalue weighted by molar-refractivity contribution is -0.0521. The molecule has 0 radical (unpaired) electrons. The fourth-order valence-electron chi connectivity index (χ4n) is 3.74. The number of piperazine rings is 1. The molecule has 3 nitrogen and oxygen atoms in total. The highest BCUT2D eigenvalue weighted by Crippen LogP contribution is 2.37. The second-order valence-corrected chi connectivity index (χ2v) is 6.70. The average molecular weight is 349 g/mol. The van der Waals surface area contributed by atoms with Crippen LogP contribution in [0.5, 0.6) is 5.75 Å². The van der Waals surface area contributed by atoms with Crippen molar-refractivity contribution < 1.29 is 17.9 Å². The van der Waals surface area contributed by atoms with Crippen molar-refractivity contribution >= 4 is 17.3 Å². The molecular formula is C16H20ClF3N2O. The topological polar surface area (TPSA) is 24.5 Å². The lowest BCUT2D eigenvalue weighted by atomic mass is 9.86. The van der Waals surface area contributed by atoms with E-state index in [0.717, 1.165) is 25.8 Å². The Morgan fingerprint density at radius 2 is 2.04 bits per heavy atom. The second kappa shape index (κ2) is 6.77. The molecule has 128 valence electrons. The first kappa shape index (κ1) is 16.7. The summed E-state index contributed by atoms with van der Waals surface area (Å²) in [7, 11) is 0. The number of anilines is 1. The zero-order valence-electron chi connectivity index (χ0n) is 12.9. The number of halogens is 4. The number of hydrogen-bond acceptors (Lipinski definition) is 3. The maximum Gasteiger partial charge on any atom is 0.387 e. The SMILES string of the molecule is C[C@@H]1CN(c2cc(F)c(OC(F)F)c(Cl)c2)[C@@H]2CCCC[C@H]2N1. The van der Waals surface area contributed by atoms with Crippen molar-refractivity contribution in [3.8, 4) is 5.75 Å². The number of hydrogen-bond donors (Lipinski definition) is 1. The van der Waals surface area contributed by atoms with Crippen LogP contribution in [0.15, 0.2) is 12.1 Å². The molecule has 0 aromatic heterocycles. The third-order valence-corrected chi connectivity index (χ3v) is 4.90. The van der Waals surface area contributed by atoms with Crippen LogP contribution in [-0.4, -0.2) is 31.3 Å². The van der Waals surface area contributed by atoms with Crippen LogP contribution in [0.1, 0.15) is 32.6 Å². The molecule has 0 spiro atoms. The molecule has 1 aromatic carbocycles. The fourth-order valence-corrected chi connectivity index (χ4v) is 3.98. The van der Waals surface area contributed by atoms with Crippen molar-refractivity contribution in [1.82, 2.24) is 5.32 Å². The quantitative estimate of drug-likeness (QED) is 0.886. The van der Waals surface area contributed by atoms with Crippen molar-refractivity contribution in [2.75, 3.05) is 11.4 Å². The van der Waals surface area contributed by atoms with Gasteiger partial charge in [-0.1, -0.05) is 24.4 Å². The Balaban J connectivity index is 1.90. The lowest BCUT2D eigenvalue weighted by Crippen LogP contribution is -2.62. The summed E-state index contributed by atoms with van der Waals surface area (Å²) in [6.45, 7) is -0.287. The van der Waals surface area contributed by atoms with Gasteiger partial charge in [0.1, 0.15) is 0 Å². The van der Waals surface area contributed by atoms with Crippen LogP contribution in [0, 0.1) is 5.82 Å². The van der Waals surface area contributed by atoms with Crippen LogP contribution in [0.2, 0.25) is 5.02 Å². The monoisotopic (exact) mass is 348 g/mol. The summed E-state index contributed by atoms with van der Waals surface area (Å²) >= 11 is 5.97. The van der Waals surface area contributed by atoms with Gasteiger partial charge in [-0.05, 0) is 25.8 Å². The molecule has 23 heavy (non-hydrogen) atoms. The first-order chi connectivity index (χ1) is 11.0.